The Balaban J connectivity index is 1.06. The van der Waals surface area contributed by atoms with Crippen LogP contribution in [0.3, 0.4) is 0 Å². The summed E-state index contributed by atoms with van der Waals surface area (Å²) in [6.45, 7) is 3.67. The van der Waals surface area contributed by atoms with E-state index in [1.165, 1.54) is 6.33 Å². The van der Waals surface area contributed by atoms with E-state index in [0.29, 0.717) is 18.8 Å². The number of hydrogen-bond acceptors (Lipinski definition) is 9. The molecule has 2 atom stereocenters. The number of rotatable bonds is 8. The highest BCUT2D eigenvalue weighted by Crippen LogP contribution is 2.25. The van der Waals surface area contributed by atoms with Gasteiger partial charge in [0.05, 0.1) is 18.8 Å². The van der Waals surface area contributed by atoms with Crippen LogP contribution in [0, 0.1) is 23.2 Å². The second-order valence-electron chi connectivity index (χ2n) is 9.93. The van der Waals surface area contributed by atoms with Crippen molar-refractivity contribution >= 4 is 0 Å². The van der Waals surface area contributed by atoms with Gasteiger partial charge in [-0.1, -0.05) is 17.0 Å². The lowest BCUT2D eigenvalue weighted by Gasteiger charge is -2.26. The zero-order valence-corrected chi connectivity index (χ0v) is 23.1. The first-order valence-corrected chi connectivity index (χ1v) is 13.7. The van der Waals surface area contributed by atoms with Gasteiger partial charge >= 0.3 is 0 Å². The number of hydrogen-bond donors (Lipinski definition) is 0. The molecule has 0 bridgehead atoms. The Morgan fingerprint density at radius 3 is 2.64 bits per heavy atom. The van der Waals surface area contributed by atoms with E-state index in [0.717, 1.165) is 59.8 Å². The molecule has 0 N–H and O–H groups in total. The van der Waals surface area contributed by atoms with E-state index in [4.69, 9.17) is 19.3 Å². The molecule has 1 aliphatic rings. The van der Waals surface area contributed by atoms with E-state index in [-0.39, 0.29) is 18.2 Å². The normalized spacial score (nSPS) is 15.5. The molecule has 5 heterocycles. The van der Waals surface area contributed by atoms with E-state index < -0.39 is 0 Å². The fourth-order valence-electron chi connectivity index (χ4n) is 4.70. The summed E-state index contributed by atoms with van der Waals surface area (Å²) in [4.78, 5) is 8.95. The van der Waals surface area contributed by atoms with E-state index in [1.807, 2.05) is 66.2 Å². The summed E-state index contributed by atoms with van der Waals surface area (Å²) in [6, 6.07) is 15.5. The molecule has 6 rings (SSSR count). The van der Waals surface area contributed by atoms with Crippen molar-refractivity contribution in [1.29, 1.82) is 5.26 Å². The van der Waals surface area contributed by atoms with Crippen LogP contribution in [-0.4, -0.2) is 47.4 Å². The standard InChI is InChI=1S/C31H28N8O3/c1-22(41-30-4-2-3-15-40-30)31-33-13-14-38(31)20-27-16-28(42-37-27)25-10-7-23(8-11-25)5-6-24-9-12-26(34-18-24)19-39-21-35-36-29(39)17-32/h7-14,16,18,21-22,30H,2-4,15,19-20H2,1H3/t22-,30?/m0/s1. The van der Waals surface area contributed by atoms with Gasteiger partial charge in [0.25, 0.3) is 0 Å². The minimum Gasteiger partial charge on any atom is -0.356 e. The van der Waals surface area contributed by atoms with Crippen LogP contribution < -0.4 is 0 Å². The maximum atomic E-state index is 9.08. The summed E-state index contributed by atoms with van der Waals surface area (Å²) in [6.07, 6.45) is 9.64. The van der Waals surface area contributed by atoms with Crippen molar-refractivity contribution in [2.45, 2.75) is 51.7 Å². The first-order chi connectivity index (χ1) is 20.6. The quantitative estimate of drug-likeness (QED) is 0.252. The molecule has 4 aromatic heterocycles. The Kier molecular flexibility index (Phi) is 8.13. The summed E-state index contributed by atoms with van der Waals surface area (Å²) in [7, 11) is 0. The van der Waals surface area contributed by atoms with Gasteiger partial charge in [-0.3, -0.25) is 9.55 Å². The van der Waals surface area contributed by atoms with Gasteiger partial charge in [0.15, 0.2) is 12.1 Å². The first-order valence-electron chi connectivity index (χ1n) is 13.7. The number of nitriles is 1. The number of benzene rings is 1. The van der Waals surface area contributed by atoms with Crippen LogP contribution in [0.15, 0.2) is 71.9 Å². The monoisotopic (exact) mass is 560 g/mol. The molecule has 1 saturated heterocycles. The maximum Gasteiger partial charge on any atom is 0.235 e. The Labute approximate surface area is 242 Å². The van der Waals surface area contributed by atoms with Gasteiger partial charge in [0, 0.05) is 48.0 Å². The number of ether oxygens (including phenoxy) is 2. The molecule has 210 valence electrons. The third-order valence-corrected chi connectivity index (χ3v) is 6.89. The lowest BCUT2D eigenvalue weighted by atomic mass is 10.1. The average Bonchev–Trinajstić information content (AvgIpc) is 3.79. The molecule has 1 fully saturated rings. The molecule has 11 nitrogen and oxygen atoms in total. The van der Waals surface area contributed by atoms with Crippen molar-refractivity contribution in [1.82, 2.24) is 34.5 Å². The highest BCUT2D eigenvalue weighted by atomic mass is 16.7. The Hall–Kier alpha value is -5.10. The average molecular weight is 561 g/mol. The highest BCUT2D eigenvalue weighted by Gasteiger charge is 2.21. The van der Waals surface area contributed by atoms with Gasteiger partial charge in [-0.2, -0.15) is 5.26 Å². The van der Waals surface area contributed by atoms with Gasteiger partial charge in [-0.25, -0.2) is 4.98 Å². The zero-order chi connectivity index (χ0) is 28.7. The second kappa shape index (κ2) is 12.6. The number of aromatic nitrogens is 7. The lowest BCUT2D eigenvalue weighted by molar-refractivity contribution is -0.188. The van der Waals surface area contributed by atoms with Gasteiger partial charge in [0.2, 0.25) is 5.82 Å². The van der Waals surface area contributed by atoms with Gasteiger partial charge in [-0.15, -0.1) is 10.2 Å². The third-order valence-electron chi connectivity index (χ3n) is 6.89. The molecule has 5 aromatic rings. The molecule has 11 heteroatoms. The SMILES string of the molecule is C[C@H](OC1CCCCO1)c1nccn1Cc1cc(-c2ccc(C#Cc3ccc(Cn4cnnc4C#N)nc3)cc2)on1. The van der Waals surface area contributed by atoms with Crippen LogP contribution in [-0.2, 0) is 22.6 Å². The van der Waals surface area contributed by atoms with Gasteiger partial charge in [-0.05, 0) is 62.6 Å². The van der Waals surface area contributed by atoms with Crippen molar-refractivity contribution in [3.05, 3.63) is 102 Å². The molecule has 0 spiro atoms. The van der Waals surface area contributed by atoms with E-state index in [2.05, 4.69) is 37.2 Å². The predicted octanol–water partition coefficient (Wildman–Crippen LogP) is 4.50. The molecule has 0 saturated carbocycles. The molecule has 0 aliphatic carbocycles. The van der Waals surface area contributed by atoms with Crippen LogP contribution in [0.4, 0.5) is 0 Å². The lowest BCUT2D eigenvalue weighted by Crippen LogP contribution is -2.24. The van der Waals surface area contributed by atoms with E-state index >= 15 is 0 Å². The number of pyridine rings is 1. The Morgan fingerprint density at radius 1 is 1.02 bits per heavy atom. The zero-order valence-electron chi connectivity index (χ0n) is 23.1. The Morgan fingerprint density at radius 2 is 1.86 bits per heavy atom. The van der Waals surface area contributed by atoms with E-state index in [1.54, 1.807) is 17.0 Å². The van der Waals surface area contributed by atoms with Crippen molar-refractivity contribution in [2.24, 2.45) is 0 Å². The Bertz CT molecular complexity index is 1730. The van der Waals surface area contributed by atoms with Crippen molar-refractivity contribution in [2.75, 3.05) is 6.61 Å². The first kappa shape index (κ1) is 27.1. The molecule has 1 aliphatic heterocycles. The predicted molar refractivity (Wildman–Crippen MR) is 150 cm³/mol. The summed E-state index contributed by atoms with van der Waals surface area (Å²) < 4.78 is 21.1. The summed E-state index contributed by atoms with van der Waals surface area (Å²) in [5, 5.41) is 20.9. The van der Waals surface area contributed by atoms with E-state index in [9.17, 15) is 0 Å². The van der Waals surface area contributed by atoms with Crippen LogP contribution in [0.5, 0.6) is 0 Å². The number of imidazole rings is 1. The molecular formula is C31H28N8O3. The largest absolute Gasteiger partial charge is 0.356 e. The molecule has 0 amide bonds. The van der Waals surface area contributed by atoms with Gasteiger partial charge < -0.3 is 18.6 Å². The van der Waals surface area contributed by atoms with Crippen molar-refractivity contribution < 1.29 is 14.0 Å². The topological polar surface area (TPSA) is 130 Å². The minimum atomic E-state index is -0.200. The minimum absolute atomic E-state index is 0.182. The molecule has 42 heavy (non-hydrogen) atoms. The number of nitrogens with zero attached hydrogens (tertiary/aromatic N) is 8. The molecule has 1 aromatic carbocycles. The van der Waals surface area contributed by atoms with Gasteiger partial charge in [0.1, 0.15) is 30.0 Å². The van der Waals surface area contributed by atoms with Crippen LogP contribution >= 0.6 is 0 Å². The molecular weight excluding hydrogens is 532 g/mol. The van der Waals surface area contributed by atoms with Crippen LogP contribution in [0.2, 0.25) is 0 Å². The summed E-state index contributed by atoms with van der Waals surface area (Å²) >= 11 is 0. The van der Waals surface area contributed by atoms with Crippen LogP contribution in [0.25, 0.3) is 11.3 Å². The smallest absolute Gasteiger partial charge is 0.235 e. The highest BCUT2D eigenvalue weighted by molar-refractivity contribution is 5.59. The molecule has 1 unspecified atom stereocenters. The van der Waals surface area contributed by atoms with Crippen molar-refractivity contribution in [3.63, 3.8) is 0 Å². The summed E-state index contributed by atoms with van der Waals surface area (Å²) in [5.41, 5.74) is 4.14. The van der Waals surface area contributed by atoms with Crippen molar-refractivity contribution in [3.8, 4) is 29.2 Å². The summed E-state index contributed by atoms with van der Waals surface area (Å²) in [5.74, 6) is 8.06. The second-order valence-corrected chi connectivity index (χ2v) is 9.93. The molecule has 0 radical (unpaired) electrons. The third kappa shape index (κ3) is 6.44. The van der Waals surface area contributed by atoms with Crippen LogP contribution in [0.1, 0.15) is 66.5 Å². The fraction of sp³-hybridized carbons (Fsp3) is 0.290. The fourth-order valence-corrected chi connectivity index (χ4v) is 4.70. The maximum absolute atomic E-state index is 9.08.